The van der Waals surface area contributed by atoms with Crippen molar-refractivity contribution in [1.82, 2.24) is 10.3 Å². The second-order valence-electron chi connectivity index (χ2n) is 3.25. The van der Waals surface area contributed by atoms with Crippen molar-refractivity contribution in [3.8, 4) is 0 Å². The second kappa shape index (κ2) is 3.11. The molecule has 12 heavy (non-hydrogen) atoms. The average molecular weight is 163 g/mol. The highest BCUT2D eigenvalue weighted by Gasteiger charge is 2.19. The molecule has 3 heteroatoms. The largest absolute Gasteiger partial charge is 0.384 e. The van der Waals surface area contributed by atoms with Crippen molar-refractivity contribution in [1.29, 1.82) is 0 Å². The van der Waals surface area contributed by atoms with E-state index in [0.717, 1.165) is 12.6 Å². The number of rotatable bonds is 3. The highest BCUT2D eigenvalue weighted by molar-refractivity contribution is 5.29. The highest BCUT2D eigenvalue weighted by Crippen LogP contribution is 2.19. The van der Waals surface area contributed by atoms with Crippen molar-refractivity contribution in [2.75, 3.05) is 5.73 Å². The lowest BCUT2D eigenvalue weighted by atomic mass is 10.3. The van der Waals surface area contributed by atoms with E-state index in [0.29, 0.717) is 5.82 Å². The molecule has 0 atom stereocenters. The van der Waals surface area contributed by atoms with E-state index in [4.69, 9.17) is 5.73 Å². The van der Waals surface area contributed by atoms with Gasteiger partial charge in [-0.15, -0.1) is 0 Å². The van der Waals surface area contributed by atoms with Gasteiger partial charge in [0.15, 0.2) is 0 Å². The summed E-state index contributed by atoms with van der Waals surface area (Å²) in [6.07, 6.45) is 4.47. The van der Waals surface area contributed by atoms with Crippen molar-refractivity contribution in [3.63, 3.8) is 0 Å². The summed E-state index contributed by atoms with van der Waals surface area (Å²) in [6, 6.07) is 4.60. The number of anilines is 1. The first-order valence-corrected chi connectivity index (χ1v) is 4.28. The van der Waals surface area contributed by atoms with Gasteiger partial charge in [-0.05, 0) is 24.5 Å². The monoisotopic (exact) mass is 163 g/mol. The smallest absolute Gasteiger partial charge is 0.123 e. The lowest BCUT2D eigenvalue weighted by molar-refractivity contribution is 0.686. The number of nitrogens with zero attached hydrogens (tertiary/aromatic N) is 1. The number of aromatic nitrogens is 1. The Hall–Kier alpha value is -1.09. The van der Waals surface area contributed by atoms with Gasteiger partial charge in [-0.1, -0.05) is 6.07 Å². The maximum atomic E-state index is 5.46. The third-order valence-electron chi connectivity index (χ3n) is 2.02. The average Bonchev–Trinajstić information content (AvgIpc) is 2.87. The van der Waals surface area contributed by atoms with E-state index in [9.17, 15) is 0 Å². The zero-order valence-corrected chi connectivity index (χ0v) is 6.96. The molecular formula is C9H13N3. The quantitative estimate of drug-likeness (QED) is 0.696. The summed E-state index contributed by atoms with van der Waals surface area (Å²) in [7, 11) is 0. The van der Waals surface area contributed by atoms with Crippen LogP contribution in [0.4, 0.5) is 5.82 Å². The first-order chi connectivity index (χ1) is 5.84. The molecule has 1 aromatic heterocycles. The first-order valence-electron chi connectivity index (χ1n) is 4.28. The maximum Gasteiger partial charge on any atom is 0.123 e. The van der Waals surface area contributed by atoms with Crippen molar-refractivity contribution < 1.29 is 0 Å². The fraction of sp³-hybridized carbons (Fsp3) is 0.444. The summed E-state index contributed by atoms with van der Waals surface area (Å²) in [5, 5.41) is 3.41. The van der Waals surface area contributed by atoms with Crippen molar-refractivity contribution in [2.24, 2.45) is 0 Å². The third kappa shape index (κ3) is 1.95. The van der Waals surface area contributed by atoms with Crippen LogP contribution in [0.5, 0.6) is 0 Å². The molecule has 0 saturated heterocycles. The molecule has 0 aromatic carbocycles. The Morgan fingerprint density at radius 1 is 1.50 bits per heavy atom. The van der Waals surface area contributed by atoms with Gasteiger partial charge in [0, 0.05) is 18.8 Å². The van der Waals surface area contributed by atoms with Gasteiger partial charge < -0.3 is 11.1 Å². The Kier molecular flexibility index (Phi) is 1.96. The number of nitrogen functional groups attached to an aromatic ring is 1. The minimum Gasteiger partial charge on any atom is -0.384 e. The molecule has 1 aliphatic rings. The van der Waals surface area contributed by atoms with Gasteiger partial charge >= 0.3 is 0 Å². The molecule has 1 heterocycles. The van der Waals surface area contributed by atoms with Crippen LogP contribution in [0.15, 0.2) is 18.3 Å². The van der Waals surface area contributed by atoms with E-state index >= 15 is 0 Å². The summed E-state index contributed by atoms with van der Waals surface area (Å²) in [6.45, 7) is 0.915. The van der Waals surface area contributed by atoms with E-state index in [-0.39, 0.29) is 0 Å². The molecule has 0 unspecified atom stereocenters. The Labute approximate surface area is 72.0 Å². The Balaban J connectivity index is 1.89. The lowest BCUT2D eigenvalue weighted by Gasteiger charge is -2.01. The molecule has 2 rings (SSSR count). The minimum atomic E-state index is 0.588. The van der Waals surface area contributed by atoms with Crippen molar-refractivity contribution in [3.05, 3.63) is 23.9 Å². The van der Waals surface area contributed by atoms with E-state index in [1.165, 1.54) is 18.4 Å². The van der Waals surface area contributed by atoms with Crippen LogP contribution in [-0.2, 0) is 6.54 Å². The molecule has 1 saturated carbocycles. The number of nitrogens with one attached hydrogen (secondary N) is 1. The predicted octanol–water partition coefficient (Wildman–Crippen LogP) is 0.916. The number of nitrogens with two attached hydrogens (primary N) is 1. The fourth-order valence-electron chi connectivity index (χ4n) is 1.09. The molecule has 3 nitrogen and oxygen atoms in total. The number of hydrogen-bond acceptors (Lipinski definition) is 3. The summed E-state index contributed by atoms with van der Waals surface area (Å²) in [5.41, 5.74) is 6.67. The standard InChI is InChI=1S/C9H13N3/c10-9-4-1-7(6-12-9)5-11-8-2-3-8/h1,4,6,8,11H,2-3,5H2,(H2,10,12). The zero-order valence-electron chi connectivity index (χ0n) is 6.96. The normalized spacial score (nSPS) is 16.3. The molecule has 0 amide bonds. The first kappa shape index (κ1) is 7.55. The lowest BCUT2D eigenvalue weighted by Crippen LogP contribution is -2.15. The molecule has 1 fully saturated rings. The van der Waals surface area contributed by atoms with E-state index in [1.807, 2.05) is 18.3 Å². The molecular weight excluding hydrogens is 150 g/mol. The van der Waals surface area contributed by atoms with Crippen LogP contribution < -0.4 is 11.1 Å². The molecule has 1 aromatic rings. The molecule has 0 spiro atoms. The fourth-order valence-corrected chi connectivity index (χ4v) is 1.09. The van der Waals surface area contributed by atoms with Gasteiger partial charge in [0.25, 0.3) is 0 Å². The minimum absolute atomic E-state index is 0.588. The second-order valence-corrected chi connectivity index (χ2v) is 3.25. The summed E-state index contributed by atoms with van der Waals surface area (Å²) in [5.74, 6) is 0.588. The van der Waals surface area contributed by atoms with Crippen molar-refractivity contribution >= 4 is 5.82 Å². The zero-order chi connectivity index (χ0) is 8.39. The topological polar surface area (TPSA) is 50.9 Å². The van der Waals surface area contributed by atoms with Gasteiger partial charge in [0.1, 0.15) is 5.82 Å². The van der Waals surface area contributed by atoms with Crippen LogP contribution in [0, 0.1) is 0 Å². The highest BCUT2D eigenvalue weighted by atomic mass is 14.9. The molecule has 1 aliphatic carbocycles. The predicted molar refractivity (Wildman–Crippen MR) is 48.5 cm³/mol. The number of hydrogen-bond donors (Lipinski definition) is 2. The van der Waals surface area contributed by atoms with Gasteiger partial charge in [0.2, 0.25) is 0 Å². The third-order valence-corrected chi connectivity index (χ3v) is 2.02. The SMILES string of the molecule is Nc1ccc(CNC2CC2)cn1. The van der Waals surface area contributed by atoms with Gasteiger partial charge in [-0.2, -0.15) is 0 Å². The van der Waals surface area contributed by atoms with Crippen LogP contribution in [0.2, 0.25) is 0 Å². The Morgan fingerprint density at radius 2 is 2.33 bits per heavy atom. The molecule has 64 valence electrons. The Morgan fingerprint density at radius 3 is 2.92 bits per heavy atom. The van der Waals surface area contributed by atoms with Crippen LogP contribution in [-0.4, -0.2) is 11.0 Å². The van der Waals surface area contributed by atoms with Crippen LogP contribution in [0.25, 0.3) is 0 Å². The van der Waals surface area contributed by atoms with Crippen LogP contribution >= 0.6 is 0 Å². The van der Waals surface area contributed by atoms with E-state index in [2.05, 4.69) is 10.3 Å². The number of pyridine rings is 1. The maximum absolute atomic E-state index is 5.46. The summed E-state index contributed by atoms with van der Waals surface area (Å²) >= 11 is 0. The molecule has 0 bridgehead atoms. The van der Waals surface area contributed by atoms with Crippen LogP contribution in [0.1, 0.15) is 18.4 Å². The van der Waals surface area contributed by atoms with Gasteiger partial charge in [-0.25, -0.2) is 4.98 Å². The van der Waals surface area contributed by atoms with E-state index in [1.54, 1.807) is 0 Å². The summed E-state index contributed by atoms with van der Waals surface area (Å²) in [4.78, 5) is 4.02. The molecule has 0 radical (unpaired) electrons. The summed E-state index contributed by atoms with van der Waals surface area (Å²) < 4.78 is 0. The van der Waals surface area contributed by atoms with Crippen molar-refractivity contribution in [2.45, 2.75) is 25.4 Å². The van der Waals surface area contributed by atoms with Crippen LogP contribution in [0.3, 0.4) is 0 Å². The van der Waals surface area contributed by atoms with Gasteiger partial charge in [-0.3, -0.25) is 0 Å². The van der Waals surface area contributed by atoms with Gasteiger partial charge in [0.05, 0.1) is 0 Å². The van der Waals surface area contributed by atoms with E-state index < -0.39 is 0 Å². The Bertz CT molecular complexity index is 251. The molecule has 3 N–H and O–H groups in total. The molecule has 0 aliphatic heterocycles.